The number of hydrogen-bond donors (Lipinski definition) is 2. The number of benzene rings is 1. The largest absolute Gasteiger partial charge is 0.357 e. The summed E-state index contributed by atoms with van der Waals surface area (Å²) in [6, 6.07) is 8.34. The Morgan fingerprint density at radius 1 is 1.14 bits per heavy atom. The van der Waals surface area contributed by atoms with Crippen LogP contribution in [0.15, 0.2) is 29.3 Å². The molecule has 2 heterocycles. The van der Waals surface area contributed by atoms with Gasteiger partial charge < -0.3 is 15.5 Å². The molecule has 0 saturated carbocycles. The van der Waals surface area contributed by atoms with Gasteiger partial charge in [0.15, 0.2) is 5.96 Å². The normalized spacial score (nSPS) is 18.4. The van der Waals surface area contributed by atoms with Gasteiger partial charge in [0, 0.05) is 31.2 Å². The molecule has 0 aliphatic carbocycles. The molecule has 8 heteroatoms. The molecule has 0 spiro atoms. The molecule has 0 radical (unpaired) electrons. The van der Waals surface area contributed by atoms with Crippen molar-refractivity contribution in [3.63, 3.8) is 0 Å². The van der Waals surface area contributed by atoms with Crippen molar-refractivity contribution in [2.24, 2.45) is 4.99 Å². The summed E-state index contributed by atoms with van der Waals surface area (Å²) in [5.41, 5.74) is 1.21. The summed E-state index contributed by atoms with van der Waals surface area (Å²) in [4.78, 5) is 21.2. The number of carbonyl (C=O) groups excluding carboxylic acids is 1. The molecule has 0 bridgehead atoms. The van der Waals surface area contributed by atoms with Crippen molar-refractivity contribution in [3.05, 3.63) is 34.9 Å². The standard InChI is InChI=1S/C21H32ClN5O.HI/c1-2-23-21(25-16-20(28)27-12-5-6-13-27)24-15-19(26-10-3-4-11-26)17-8-7-9-18(22)14-17;/h7-9,14,19H,2-6,10-13,15-16H2,1H3,(H2,23,24,25);1H. The van der Waals surface area contributed by atoms with E-state index in [-0.39, 0.29) is 42.5 Å². The maximum atomic E-state index is 12.3. The summed E-state index contributed by atoms with van der Waals surface area (Å²) >= 11 is 6.24. The molecular formula is C21H33ClIN5O. The maximum Gasteiger partial charge on any atom is 0.244 e. The van der Waals surface area contributed by atoms with E-state index in [1.807, 2.05) is 30.0 Å². The predicted octanol–water partition coefficient (Wildman–Crippen LogP) is 3.27. The van der Waals surface area contributed by atoms with E-state index >= 15 is 0 Å². The van der Waals surface area contributed by atoms with Crippen LogP contribution < -0.4 is 10.6 Å². The Morgan fingerprint density at radius 3 is 2.48 bits per heavy atom. The third-order valence-corrected chi connectivity index (χ3v) is 5.69. The van der Waals surface area contributed by atoms with Crippen LogP contribution in [0.2, 0.25) is 5.02 Å². The van der Waals surface area contributed by atoms with Crippen molar-refractivity contribution in [2.45, 2.75) is 38.6 Å². The highest BCUT2D eigenvalue weighted by Gasteiger charge is 2.24. The zero-order valence-corrected chi connectivity index (χ0v) is 20.3. The molecule has 1 aromatic carbocycles. The SMILES string of the molecule is CCNC(=NCC(=O)N1CCCC1)NCC(c1cccc(Cl)c1)N1CCCC1.I. The Bertz CT molecular complexity index is 675. The van der Waals surface area contributed by atoms with Crippen molar-refractivity contribution < 1.29 is 4.79 Å². The first-order chi connectivity index (χ1) is 13.7. The minimum Gasteiger partial charge on any atom is -0.357 e. The number of rotatable bonds is 7. The van der Waals surface area contributed by atoms with E-state index in [0.29, 0.717) is 5.96 Å². The number of hydrogen-bond acceptors (Lipinski definition) is 3. The van der Waals surface area contributed by atoms with Crippen molar-refractivity contribution in [2.75, 3.05) is 45.8 Å². The topological polar surface area (TPSA) is 60.0 Å². The second-order valence-corrected chi connectivity index (χ2v) is 7.91. The number of likely N-dealkylation sites (tertiary alicyclic amines) is 2. The van der Waals surface area contributed by atoms with Crippen LogP contribution in [-0.2, 0) is 4.79 Å². The molecule has 1 unspecified atom stereocenters. The van der Waals surface area contributed by atoms with Gasteiger partial charge in [-0.15, -0.1) is 24.0 Å². The molecule has 2 aliphatic rings. The number of nitrogens with one attached hydrogen (secondary N) is 2. The second kappa shape index (κ2) is 12.6. The number of guanidine groups is 1. The van der Waals surface area contributed by atoms with E-state index in [2.05, 4.69) is 26.6 Å². The van der Waals surface area contributed by atoms with Gasteiger partial charge in [0.25, 0.3) is 0 Å². The summed E-state index contributed by atoms with van der Waals surface area (Å²) in [6.07, 6.45) is 4.67. The van der Waals surface area contributed by atoms with Crippen molar-refractivity contribution >= 4 is 47.4 Å². The molecule has 29 heavy (non-hydrogen) atoms. The van der Waals surface area contributed by atoms with Crippen LogP contribution in [0, 0.1) is 0 Å². The molecule has 2 saturated heterocycles. The average molecular weight is 534 g/mol. The van der Waals surface area contributed by atoms with Gasteiger partial charge in [0.2, 0.25) is 5.91 Å². The molecule has 3 rings (SSSR count). The van der Waals surface area contributed by atoms with Gasteiger partial charge in [0.05, 0.1) is 6.04 Å². The van der Waals surface area contributed by atoms with Gasteiger partial charge in [-0.1, -0.05) is 23.7 Å². The molecular weight excluding hydrogens is 501 g/mol. The molecule has 2 fully saturated rings. The first-order valence-electron chi connectivity index (χ1n) is 10.5. The molecule has 1 aromatic rings. The van der Waals surface area contributed by atoms with Crippen LogP contribution in [0.3, 0.4) is 0 Å². The second-order valence-electron chi connectivity index (χ2n) is 7.48. The van der Waals surface area contributed by atoms with Gasteiger partial charge in [-0.25, -0.2) is 4.99 Å². The lowest BCUT2D eigenvalue weighted by Crippen LogP contribution is -2.43. The Morgan fingerprint density at radius 2 is 1.83 bits per heavy atom. The zero-order valence-electron chi connectivity index (χ0n) is 17.2. The van der Waals surface area contributed by atoms with Gasteiger partial charge in [0.1, 0.15) is 6.54 Å². The number of carbonyl (C=O) groups is 1. The Kier molecular flexibility index (Phi) is 10.5. The van der Waals surface area contributed by atoms with Gasteiger partial charge in [-0.3, -0.25) is 9.69 Å². The highest BCUT2D eigenvalue weighted by atomic mass is 127. The molecule has 2 N–H and O–H groups in total. The summed E-state index contributed by atoms with van der Waals surface area (Å²) in [7, 11) is 0. The predicted molar refractivity (Wildman–Crippen MR) is 130 cm³/mol. The van der Waals surface area contributed by atoms with Crippen LogP contribution in [0.25, 0.3) is 0 Å². The summed E-state index contributed by atoms with van der Waals surface area (Å²) in [5.74, 6) is 0.807. The summed E-state index contributed by atoms with van der Waals surface area (Å²) in [5, 5.41) is 7.47. The Hall–Kier alpha value is -1.06. The minimum absolute atomic E-state index is 0. The van der Waals surface area contributed by atoms with E-state index in [9.17, 15) is 4.79 Å². The number of amides is 1. The first-order valence-corrected chi connectivity index (χ1v) is 10.8. The smallest absolute Gasteiger partial charge is 0.244 e. The van der Waals surface area contributed by atoms with Crippen LogP contribution >= 0.6 is 35.6 Å². The number of halogens is 2. The van der Waals surface area contributed by atoms with E-state index in [4.69, 9.17) is 11.6 Å². The maximum absolute atomic E-state index is 12.3. The Balaban J connectivity index is 0.00000300. The molecule has 1 atom stereocenters. The third kappa shape index (κ3) is 7.29. The quantitative estimate of drug-likeness (QED) is 0.321. The lowest BCUT2D eigenvalue weighted by molar-refractivity contribution is -0.128. The number of aliphatic imine (C=N–C) groups is 1. The van der Waals surface area contributed by atoms with Gasteiger partial charge >= 0.3 is 0 Å². The highest BCUT2D eigenvalue weighted by Crippen LogP contribution is 2.26. The molecule has 162 valence electrons. The third-order valence-electron chi connectivity index (χ3n) is 5.45. The lowest BCUT2D eigenvalue weighted by Gasteiger charge is -2.29. The molecule has 6 nitrogen and oxygen atoms in total. The van der Waals surface area contributed by atoms with Crippen LogP contribution in [-0.4, -0.2) is 67.5 Å². The molecule has 2 aliphatic heterocycles. The van der Waals surface area contributed by atoms with E-state index < -0.39 is 0 Å². The van der Waals surface area contributed by atoms with E-state index in [0.717, 1.165) is 57.1 Å². The molecule has 0 aromatic heterocycles. The highest BCUT2D eigenvalue weighted by molar-refractivity contribution is 14.0. The fourth-order valence-corrected chi connectivity index (χ4v) is 4.17. The van der Waals surface area contributed by atoms with Crippen LogP contribution in [0.4, 0.5) is 0 Å². The van der Waals surface area contributed by atoms with Crippen molar-refractivity contribution in [1.82, 2.24) is 20.4 Å². The van der Waals surface area contributed by atoms with Crippen LogP contribution in [0.5, 0.6) is 0 Å². The monoisotopic (exact) mass is 533 g/mol. The van der Waals surface area contributed by atoms with E-state index in [1.165, 1.54) is 18.4 Å². The number of nitrogens with zero attached hydrogens (tertiary/aromatic N) is 3. The van der Waals surface area contributed by atoms with Gasteiger partial charge in [-0.2, -0.15) is 0 Å². The van der Waals surface area contributed by atoms with Crippen LogP contribution in [0.1, 0.15) is 44.2 Å². The molecule has 1 amide bonds. The lowest BCUT2D eigenvalue weighted by atomic mass is 10.1. The van der Waals surface area contributed by atoms with Crippen molar-refractivity contribution in [3.8, 4) is 0 Å². The van der Waals surface area contributed by atoms with Gasteiger partial charge in [-0.05, 0) is 63.4 Å². The fraction of sp³-hybridized carbons (Fsp3) is 0.619. The summed E-state index contributed by atoms with van der Waals surface area (Å²) in [6.45, 7) is 7.64. The zero-order chi connectivity index (χ0) is 19.8. The average Bonchev–Trinajstić information content (AvgIpc) is 3.40. The Labute approximate surface area is 196 Å². The van der Waals surface area contributed by atoms with Crippen molar-refractivity contribution in [1.29, 1.82) is 0 Å². The van der Waals surface area contributed by atoms with E-state index in [1.54, 1.807) is 0 Å². The minimum atomic E-state index is 0. The fourth-order valence-electron chi connectivity index (χ4n) is 3.97. The first kappa shape index (κ1) is 24.2. The summed E-state index contributed by atoms with van der Waals surface area (Å²) < 4.78 is 0.